The number of likely N-dealkylation sites (N-methyl/N-ethyl adjacent to an activating group) is 1. The number of carbonyl (C=O) groups excluding carboxylic acids is 4. The van der Waals surface area contributed by atoms with E-state index in [0.29, 0.717) is 0 Å². The van der Waals surface area contributed by atoms with Crippen molar-refractivity contribution in [2.24, 2.45) is 0 Å². The minimum absolute atomic E-state index is 0.0446. The van der Waals surface area contributed by atoms with Crippen molar-refractivity contribution in [3.8, 4) is 5.75 Å². The molecule has 0 bridgehead atoms. The van der Waals surface area contributed by atoms with E-state index in [2.05, 4.69) is 15.4 Å². The van der Waals surface area contributed by atoms with Gasteiger partial charge in [0.25, 0.3) is 12.0 Å². The van der Waals surface area contributed by atoms with Crippen LogP contribution < -0.4 is 20.9 Å². The monoisotopic (exact) mass is 677 g/mol. The standard InChI is InChI=1S/C32H38F3N5O8/c1-32(2,3)48-31(45)40-21(15-19-14-20(33)16-24(27(19)40)47-18-25(34)35)17-39-13-9-11-23(29(39)43)36-28(42)22(37-30(44)46-6)10-7-8-12-26(41)38(4)5/h8-9,11-16,22,25H,7,10,17-18H2,1-6H3,(H,36,42)(H,37,44)/b12-8+/t22-/m0/s1. The fourth-order valence-corrected chi connectivity index (χ4v) is 4.44. The first kappa shape index (κ1) is 37.2. The molecule has 0 spiro atoms. The minimum Gasteiger partial charge on any atom is -0.485 e. The Balaban J connectivity index is 1.98. The number of nitrogens with zero attached hydrogens (tertiary/aromatic N) is 3. The van der Waals surface area contributed by atoms with Crippen molar-refractivity contribution in [2.45, 2.75) is 58.2 Å². The highest BCUT2D eigenvalue weighted by molar-refractivity contribution is 5.97. The number of aromatic nitrogens is 2. The summed E-state index contributed by atoms with van der Waals surface area (Å²) in [6, 6.07) is 4.96. The van der Waals surface area contributed by atoms with Crippen LogP contribution in [0.5, 0.6) is 5.75 Å². The molecular weight excluding hydrogens is 639 g/mol. The third-order valence-corrected chi connectivity index (χ3v) is 6.57. The number of carbonyl (C=O) groups is 4. The summed E-state index contributed by atoms with van der Waals surface area (Å²) in [5, 5.41) is 5.01. The van der Waals surface area contributed by atoms with E-state index in [0.717, 1.165) is 28.4 Å². The number of amides is 3. The molecule has 0 saturated heterocycles. The van der Waals surface area contributed by atoms with Crippen LogP contribution in [0.4, 0.5) is 28.4 Å². The van der Waals surface area contributed by atoms with Crippen molar-refractivity contribution >= 4 is 40.6 Å². The van der Waals surface area contributed by atoms with Gasteiger partial charge in [0.1, 0.15) is 41.0 Å². The number of ether oxygens (including phenoxy) is 3. The van der Waals surface area contributed by atoms with E-state index in [-0.39, 0.29) is 53.3 Å². The molecule has 1 aromatic carbocycles. The molecule has 2 heterocycles. The van der Waals surface area contributed by atoms with E-state index in [1.54, 1.807) is 34.9 Å². The molecule has 3 amide bonds. The van der Waals surface area contributed by atoms with Gasteiger partial charge in [-0.25, -0.2) is 27.3 Å². The molecule has 0 aliphatic carbocycles. The Kier molecular flexibility index (Phi) is 12.4. The minimum atomic E-state index is -2.88. The summed E-state index contributed by atoms with van der Waals surface area (Å²) >= 11 is 0. The topological polar surface area (TPSA) is 150 Å². The van der Waals surface area contributed by atoms with Crippen LogP contribution in [0, 0.1) is 5.82 Å². The Morgan fingerprint density at radius 2 is 1.81 bits per heavy atom. The number of benzene rings is 1. The number of anilines is 1. The number of methoxy groups -OCH3 is 1. The third kappa shape index (κ3) is 10.1. The molecule has 0 saturated carbocycles. The Labute approximate surface area is 274 Å². The highest BCUT2D eigenvalue weighted by Crippen LogP contribution is 2.32. The van der Waals surface area contributed by atoms with Gasteiger partial charge in [0.2, 0.25) is 11.8 Å². The lowest BCUT2D eigenvalue weighted by atomic mass is 10.1. The maximum Gasteiger partial charge on any atom is 0.419 e. The van der Waals surface area contributed by atoms with Crippen molar-refractivity contribution in [1.29, 1.82) is 0 Å². The fraction of sp³-hybridized carbons (Fsp3) is 0.406. The highest BCUT2D eigenvalue weighted by atomic mass is 19.3. The first-order chi connectivity index (χ1) is 22.5. The molecule has 16 heteroatoms. The van der Waals surface area contributed by atoms with Gasteiger partial charge in [-0.3, -0.25) is 14.4 Å². The van der Waals surface area contributed by atoms with Crippen LogP contribution in [0.15, 0.2) is 53.5 Å². The van der Waals surface area contributed by atoms with Crippen LogP contribution in [0.1, 0.15) is 39.3 Å². The normalized spacial score (nSPS) is 12.2. The zero-order chi connectivity index (χ0) is 35.8. The average Bonchev–Trinajstić information content (AvgIpc) is 3.35. The van der Waals surface area contributed by atoms with Crippen molar-refractivity contribution < 1.29 is 46.6 Å². The first-order valence-electron chi connectivity index (χ1n) is 14.7. The van der Waals surface area contributed by atoms with Crippen LogP contribution in [0.3, 0.4) is 0 Å². The second kappa shape index (κ2) is 16.0. The van der Waals surface area contributed by atoms with Crippen LogP contribution in [0.2, 0.25) is 0 Å². The van der Waals surface area contributed by atoms with Crippen molar-refractivity contribution in [3.05, 3.63) is 70.5 Å². The van der Waals surface area contributed by atoms with Gasteiger partial charge in [0.05, 0.1) is 19.3 Å². The molecule has 0 aliphatic heterocycles. The largest absolute Gasteiger partial charge is 0.485 e. The van der Waals surface area contributed by atoms with E-state index in [1.807, 2.05) is 0 Å². The lowest BCUT2D eigenvalue weighted by molar-refractivity contribution is -0.123. The number of rotatable bonds is 12. The number of hydrogen-bond donors (Lipinski definition) is 2. The van der Waals surface area contributed by atoms with Crippen LogP contribution in [-0.4, -0.2) is 83.9 Å². The van der Waals surface area contributed by atoms with E-state index < -0.39 is 54.1 Å². The average molecular weight is 678 g/mol. The van der Waals surface area contributed by atoms with Gasteiger partial charge in [-0.15, -0.1) is 0 Å². The molecule has 0 aliphatic rings. The number of nitrogens with one attached hydrogen (secondary N) is 2. The maximum absolute atomic E-state index is 14.5. The second-order valence-electron chi connectivity index (χ2n) is 11.7. The molecule has 48 heavy (non-hydrogen) atoms. The van der Waals surface area contributed by atoms with Gasteiger partial charge >= 0.3 is 12.2 Å². The second-order valence-corrected chi connectivity index (χ2v) is 11.7. The van der Waals surface area contributed by atoms with E-state index >= 15 is 0 Å². The summed E-state index contributed by atoms with van der Waals surface area (Å²) in [6.45, 7) is 3.47. The zero-order valence-electron chi connectivity index (χ0n) is 27.3. The van der Waals surface area contributed by atoms with Crippen LogP contribution >= 0.6 is 0 Å². The van der Waals surface area contributed by atoms with Crippen LogP contribution in [-0.2, 0) is 25.6 Å². The molecule has 2 aromatic heterocycles. The number of fused-ring (bicyclic) bond motifs is 1. The predicted molar refractivity (Wildman–Crippen MR) is 170 cm³/mol. The number of alkyl halides is 2. The maximum atomic E-state index is 14.5. The van der Waals surface area contributed by atoms with Crippen molar-refractivity contribution in [3.63, 3.8) is 0 Å². The third-order valence-electron chi connectivity index (χ3n) is 6.57. The zero-order valence-corrected chi connectivity index (χ0v) is 27.3. The van der Waals surface area contributed by atoms with E-state index in [1.165, 1.54) is 41.4 Å². The molecule has 3 rings (SSSR count). The molecule has 0 radical (unpaired) electrons. The van der Waals surface area contributed by atoms with Gasteiger partial charge in [0.15, 0.2) is 0 Å². The Bertz CT molecular complexity index is 1740. The number of hydrogen-bond acceptors (Lipinski definition) is 8. The van der Waals surface area contributed by atoms with Crippen LogP contribution in [0.25, 0.3) is 10.9 Å². The lowest BCUT2D eigenvalue weighted by Crippen LogP contribution is -2.44. The number of allylic oxidation sites excluding steroid dienone is 1. The molecule has 2 N–H and O–H groups in total. The molecule has 1 atom stereocenters. The highest BCUT2D eigenvalue weighted by Gasteiger charge is 2.26. The summed E-state index contributed by atoms with van der Waals surface area (Å²) in [5.41, 5.74) is -1.80. The van der Waals surface area contributed by atoms with Gasteiger partial charge in [-0.2, -0.15) is 0 Å². The van der Waals surface area contributed by atoms with Gasteiger partial charge in [-0.05, 0) is 64.0 Å². The predicted octanol–water partition coefficient (Wildman–Crippen LogP) is 4.51. The number of alkyl carbamates (subject to hydrolysis) is 1. The summed E-state index contributed by atoms with van der Waals surface area (Å²) in [4.78, 5) is 65.2. The Hall–Kier alpha value is -5.28. The van der Waals surface area contributed by atoms with Crippen molar-refractivity contribution in [1.82, 2.24) is 19.4 Å². The lowest BCUT2D eigenvalue weighted by Gasteiger charge is -2.22. The van der Waals surface area contributed by atoms with Gasteiger partial charge in [-0.1, -0.05) is 6.08 Å². The summed E-state index contributed by atoms with van der Waals surface area (Å²) in [6.07, 6.45) is -0.190. The van der Waals surface area contributed by atoms with E-state index in [4.69, 9.17) is 9.47 Å². The molecule has 0 fully saturated rings. The Morgan fingerprint density at radius 1 is 1.10 bits per heavy atom. The summed E-state index contributed by atoms with van der Waals surface area (Å²) in [5.74, 6) is -2.16. The van der Waals surface area contributed by atoms with Gasteiger partial charge < -0.3 is 34.3 Å². The van der Waals surface area contributed by atoms with Gasteiger partial charge in [0, 0.05) is 31.7 Å². The van der Waals surface area contributed by atoms with Crippen molar-refractivity contribution in [2.75, 3.05) is 33.1 Å². The number of halogens is 3. The Morgan fingerprint density at radius 3 is 2.44 bits per heavy atom. The molecule has 0 unspecified atom stereocenters. The molecular formula is C32H38F3N5O8. The molecule has 13 nitrogen and oxygen atoms in total. The summed E-state index contributed by atoms with van der Waals surface area (Å²) < 4.78 is 58.0. The fourth-order valence-electron chi connectivity index (χ4n) is 4.44. The van der Waals surface area contributed by atoms with E-state index in [9.17, 15) is 37.1 Å². The molecule has 3 aromatic rings. The SMILES string of the molecule is COC(=O)N[C@@H](CC/C=C/C(=O)N(C)C)C(=O)Nc1cccn(Cc2cc3cc(F)cc(OCC(F)F)c3n2C(=O)OC(C)(C)C)c1=O. The quantitative estimate of drug-likeness (QED) is 0.266. The summed E-state index contributed by atoms with van der Waals surface area (Å²) in [7, 11) is 4.27. The first-order valence-corrected chi connectivity index (χ1v) is 14.7. The number of pyridine rings is 1. The molecule has 260 valence electrons. The smallest absolute Gasteiger partial charge is 0.419 e.